The maximum absolute atomic E-state index is 6.10. The highest BCUT2D eigenvalue weighted by Gasteiger charge is 2.16. The third-order valence-electron chi connectivity index (χ3n) is 7.32. The SMILES string of the molecule is C#Cc1c(C(/C=C\C)=C(\C)C=C)ccc2c1ccn2-c1ccc2c(c1)c1ccccc1n2-c1ccccc1. The van der Waals surface area contributed by atoms with E-state index < -0.39 is 0 Å². The second kappa shape index (κ2) is 9.47. The van der Waals surface area contributed by atoms with E-state index in [4.69, 9.17) is 6.42 Å². The van der Waals surface area contributed by atoms with Crippen LogP contribution in [0, 0.1) is 12.3 Å². The molecule has 0 N–H and O–H groups in total. The molecule has 38 heavy (non-hydrogen) atoms. The molecule has 2 heteroatoms. The summed E-state index contributed by atoms with van der Waals surface area (Å²) >= 11 is 0. The predicted molar refractivity (Wildman–Crippen MR) is 163 cm³/mol. The average molecular weight is 489 g/mol. The third kappa shape index (κ3) is 3.60. The summed E-state index contributed by atoms with van der Waals surface area (Å²) in [6, 6.07) is 32.3. The highest BCUT2D eigenvalue weighted by molar-refractivity contribution is 6.10. The van der Waals surface area contributed by atoms with Crippen molar-refractivity contribution < 1.29 is 0 Å². The zero-order chi connectivity index (χ0) is 26.2. The molecular weight excluding hydrogens is 460 g/mol. The Hall–Kier alpha value is -5.00. The van der Waals surface area contributed by atoms with Crippen molar-refractivity contribution in [3.8, 4) is 23.7 Å². The number of aromatic nitrogens is 2. The van der Waals surface area contributed by atoms with Gasteiger partial charge in [0.05, 0.1) is 16.6 Å². The first kappa shape index (κ1) is 23.4. The van der Waals surface area contributed by atoms with Crippen LogP contribution in [0.3, 0.4) is 0 Å². The molecule has 0 saturated heterocycles. The minimum Gasteiger partial charge on any atom is -0.316 e. The van der Waals surface area contributed by atoms with Crippen molar-refractivity contribution in [3.63, 3.8) is 0 Å². The van der Waals surface area contributed by atoms with Gasteiger partial charge in [0.25, 0.3) is 0 Å². The first-order chi connectivity index (χ1) is 18.7. The van der Waals surface area contributed by atoms with Gasteiger partial charge in [-0.05, 0) is 79.1 Å². The summed E-state index contributed by atoms with van der Waals surface area (Å²) in [4.78, 5) is 0. The number of terminal acetylenes is 1. The Bertz CT molecular complexity index is 1950. The fraction of sp³-hybridized carbons (Fsp3) is 0.0556. The molecule has 0 aliphatic heterocycles. The number of benzene rings is 4. The van der Waals surface area contributed by atoms with E-state index in [-0.39, 0.29) is 0 Å². The van der Waals surface area contributed by atoms with Crippen LogP contribution in [0.2, 0.25) is 0 Å². The van der Waals surface area contributed by atoms with Crippen LogP contribution in [0.15, 0.2) is 128 Å². The topological polar surface area (TPSA) is 9.86 Å². The fourth-order valence-corrected chi connectivity index (χ4v) is 5.50. The second-order valence-corrected chi connectivity index (χ2v) is 9.44. The van der Waals surface area contributed by atoms with Gasteiger partial charge < -0.3 is 9.13 Å². The fourth-order valence-electron chi connectivity index (χ4n) is 5.50. The maximum atomic E-state index is 6.10. The molecule has 2 aromatic heterocycles. The van der Waals surface area contributed by atoms with Crippen LogP contribution in [-0.2, 0) is 0 Å². The quantitative estimate of drug-likeness (QED) is 0.169. The molecule has 0 bridgehead atoms. The molecule has 0 unspecified atom stereocenters. The minimum absolute atomic E-state index is 0.900. The van der Waals surface area contributed by atoms with Crippen LogP contribution in [0.25, 0.3) is 49.7 Å². The molecule has 6 aromatic rings. The lowest BCUT2D eigenvalue weighted by Crippen LogP contribution is -1.96. The largest absolute Gasteiger partial charge is 0.316 e. The van der Waals surface area contributed by atoms with Gasteiger partial charge in [0.2, 0.25) is 0 Å². The summed E-state index contributed by atoms with van der Waals surface area (Å²) in [5.41, 5.74) is 9.87. The average Bonchev–Trinajstić information content (AvgIpc) is 3.54. The van der Waals surface area contributed by atoms with Crippen molar-refractivity contribution in [2.75, 3.05) is 0 Å². The molecule has 0 amide bonds. The van der Waals surface area contributed by atoms with Crippen molar-refractivity contribution >= 4 is 38.3 Å². The predicted octanol–water partition coefficient (Wildman–Crippen LogP) is 9.24. The Morgan fingerprint density at radius 2 is 1.53 bits per heavy atom. The monoisotopic (exact) mass is 488 g/mol. The van der Waals surface area contributed by atoms with E-state index in [0.29, 0.717) is 0 Å². The van der Waals surface area contributed by atoms with Crippen LogP contribution in [0.4, 0.5) is 0 Å². The molecule has 0 fully saturated rings. The number of para-hydroxylation sites is 2. The molecule has 0 spiro atoms. The molecule has 0 atom stereocenters. The van der Waals surface area contributed by atoms with E-state index in [1.165, 1.54) is 21.8 Å². The second-order valence-electron chi connectivity index (χ2n) is 9.44. The van der Waals surface area contributed by atoms with Gasteiger partial charge in [-0.1, -0.05) is 73.2 Å². The van der Waals surface area contributed by atoms with Gasteiger partial charge in [0, 0.05) is 39.3 Å². The third-order valence-corrected chi connectivity index (χ3v) is 7.32. The first-order valence-corrected chi connectivity index (χ1v) is 12.8. The van der Waals surface area contributed by atoms with Gasteiger partial charge in [0.15, 0.2) is 0 Å². The molecule has 0 saturated carbocycles. The Balaban J connectivity index is 1.57. The van der Waals surface area contributed by atoms with E-state index in [9.17, 15) is 0 Å². The molecule has 0 aliphatic rings. The van der Waals surface area contributed by atoms with Crippen LogP contribution >= 0.6 is 0 Å². The lowest BCUT2D eigenvalue weighted by molar-refractivity contribution is 1.13. The van der Waals surface area contributed by atoms with Crippen molar-refractivity contribution in [2.45, 2.75) is 13.8 Å². The molecular formula is C36H28N2. The summed E-state index contributed by atoms with van der Waals surface area (Å²) in [6.07, 6.45) is 14.2. The molecule has 182 valence electrons. The highest BCUT2D eigenvalue weighted by Crippen LogP contribution is 2.35. The van der Waals surface area contributed by atoms with Crippen molar-refractivity contribution in [2.24, 2.45) is 0 Å². The Kier molecular flexibility index (Phi) is 5.83. The summed E-state index contributed by atoms with van der Waals surface area (Å²) in [7, 11) is 0. The summed E-state index contributed by atoms with van der Waals surface area (Å²) < 4.78 is 4.56. The number of hydrogen-bond donors (Lipinski definition) is 0. The Morgan fingerprint density at radius 1 is 0.789 bits per heavy atom. The minimum atomic E-state index is 0.900. The molecule has 0 aliphatic carbocycles. The van der Waals surface area contributed by atoms with E-state index in [2.05, 4.69) is 132 Å². The van der Waals surface area contributed by atoms with E-state index in [1.54, 1.807) is 0 Å². The van der Waals surface area contributed by atoms with E-state index in [0.717, 1.165) is 44.6 Å². The molecule has 6 rings (SSSR count). The Morgan fingerprint density at radius 3 is 2.29 bits per heavy atom. The van der Waals surface area contributed by atoms with Crippen molar-refractivity contribution in [1.82, 2.24) is 9.13 Å². The van der Waals surface area contributed by atoms with Crippen LogP contribution in [0.5, 0.6) is 0 Å². The van der Waals surface area contributed by atoms with Crippen LogP contribution in [0.1, 0.15) is 25.0 Å². The molecule has 2 nitrogen and oxygen atoms in total. The van der Waals surface area contributed by atoms with Gasteiger partial charge in [0.1, 0.15) is 0 Å². The highest BCUT2D eigenvalue weighted by atomic mass is 15.0. The summed E-state index contributed by atoms with van der Waals surface area (Å²) in [5, 5.41) is 3.52. The first-order valence-electron chi connectivity index (χ1n) is 12.8. The lowest BCUT2D eigenvalue weighted by atomic mass is 9.93. The smallest absolute Gasteiger partial charge is 0.0542 e. The summed E-state index contributed by atoms with van der Waals surface area (Å²) in [6.45, 7) is 8.06. The van der Waals surface area contributed by atoms with Crippen molar-refractivity contribution in [3.05, 3.63) is 139 Å². The van der Waals surface area contributed by atoms with Gasteiger partial charge in [-0.25, -0.2) is 0 Å². The van der Waals surface area contributed by atoms with Gasteiger partial charge >= 0.3 is 0 Å². The molecule has 4 aromatic carbocycles. The van der Waals surface area contributed by atoms with E-state index in [1.807, 2.05) is 19.1 Å². The lowest BCUT2D eigenvalue weighted by Gasteiger charge is -2.12. The zero-order valence-corrected chi connectivity index (χ0v) is 21.6. The number of rotatable bonds is 5. The normalized spacial score (nSPS) is 12.3. The van der Waals surface area contributed by atoms with E-state index >= 15 is 0 Å². The summed E-state index contributed by atoms with van der Waals surface area (Å²) in [5.74, 6) is 2.98. The van der Waals surface area contributed by atoms with Gasteiger partial charge in [-0.3, -0.25) is 0 Å². The molecule has 2 heterocycles. The Labute approximate surface area is 223 Å². The van der Waals surface area contributed by atoms with Crippen LogP contribution < -0.4 is 0 Å². The molecule has 0 radical (unpaired) electrons. The standard InChI is InChI=1S/C36H28N2/c1-5-13-29(25(4)6-2)30-19-21-34-32(28(30)7-3)22-23-37(34)27-18-20-36-33(24-27)31-16-11-12-17-35(31)38(36)26-14-9-8-10-15-26/h3,5-6,8-24H,2H2,1,4H3/b13-5-,29-25+. The number of fused-ring (bicyclic) bond motifs is 4. The van der Waals surface area contributed by atoms with Crippen LogP contribution in [-0.4, -0.2) is 9.13 Å². The van der Waals surface area contributed by atoms with Gasteiger partial charge in [-0.2, -0.15) is 0 Å². The number of nitrogens with zero attached hydrogens (tertiary/aromatic N) is 2. The zero-order valence-electron chi connectivity index (χ0n) is 21.6. The number of hydrogen-bond acceptors (Lipinski definition) is 0. The van der Waals surface area contributed by atoms with Gasteiger partial charge in [-0.15, -0.1) is 6.42 Å². The number of allylic oxidation sites excluding steroid dienone is 5. The maximum Gasteiger partial charge on any atom is 0.0542 e. The van der Waals surface area contributed by atoms with Crippen molar-refractivity contribution in [1.29, 1.82) is 0 Å².